The largest absolute Gasteiger partial charge is 0.300 e. The molecule has 0 aliphatic heterocycles. The number of ketones is 1. The Hall–Kier alpha value is -1.77. The third-order valence-electron chi connectivity index (χ3n) is 6.94. The second kappa shape index (κ2) is 28.7. The van der Waals surface area contributed by atoms with Crippen LogP contribution in [0.5, 0.6) is 0 Å². The molecule has 0 amide bonds. The Kier molecular flexibility index (Phi) is 32.5. The number of rotatable bonds is 15. The van der Waals surface area contributed by atoms with Gasteiger partial charge in [0.25, 0.3) is 5.92 Å². The van der Waals surface area contributed by atoms with Crippen LogP contribution >= 0.6 is 0 Å². The topological polar surface area (TPSA) is 17.1 Å². The van der Waals surface area contributed by atoms with E-state index >= 15 is 0 Å². The second-order valence-electron chi connectivity index (χ2n) is 11.3. The van der Waals surface area contributed by atoms with E-state index < -0.39 is 5.92 Å². The van der Waals surface area contributed by atoms with Crippen LogP contribution in [0.3, 0.4) is 0 Å². The van der Waals surface area contributed by atoms with E-state index in [2.05, 4.69) is 74.1 Å². The monoisotopic (exact) mass is 567 g/mol. The summed E-state index contributed by atoms with van der Waals surface area (Å²) in [4.78, 5) is 9.44. The highest BCUT2D eigenvalue weighted by Crippen LogP contribution is 2.33. The van der Waals surface area contributed by atoms with E-state index in [1.807, 2.05) is 6.92 Å². The summed E-state index contributed by atoms with van der Waals surface area (Å²) in [7, 11) is 0. The van der Waals surface area contributed by atoms with Gasteiger partial charge < -0.3 is 4.79 Å². The Morgan fingerprint density at radius 2 is 1.30 bits per heavy atom. The van der Waals surface area contributed by atoms with Gasteiger partial charge in [0.15, 0.2) is 0 Å². The van der Waals surface area contributed by atoms with Crippen molar-refractivity contribution in [2.45, 2.75) is 167 Å². The summed E-state index contributed by atoms with van der Waals surface area (Å²) in [6.45, 7) is 28.9. The molecule has 0 heterocycles. The predicted molar refractivity (Wildman–Crippen MR) is 179 cm³/mol. The number of alkyl halides is 2. The fraction of sp³-hybridized carbons (Fsp3) is 0.703. The van der Waals surface area contributed by atoms with E-state index in [1.165, 1.54) is 103 Å². The molecule has 0 aromatic carbocycles. The van der Waals surface area contributed by atoms with Gasteiger partial charge in [-0.25, -0.2) is 8.78 Å². The van der Waals surface area contributed by atoms with Crippen LogP contribution in [0, 0.1) is 5.41 Å². The van der Waals surface area contributed by atoms with Gasteiger partial charge in [-0.15, -0.1) is 0 Å². The normalized spacial score (nSPS) is 13.3. The van der Waals surface area contributed by atoms with Gasteiger partial charge >= 0.3 is 0 Å². The Morgan fingerprint density at radius 1 is 0.800 bits per heavy atom. The number of unbranched alkanes of at least 4 members (excludes halogenated alkanes) is 2. The molecule has 0 aromatic rings. The molecule has 0 rings (SSSR count). The fourth-order valence-corrected chi connectivity index (χ4v) is 3.55. The molecule has 0 aliphatic carbocycles. The number of allylic oxidation sites excluding steroid dienone is 9. The van der Waals surface area contributed by atoms with E-state index in [4.69, 9.17) is 0 Å². The molecule has 0 aliphatic rings. The number of hydrogen-bond acceptors (Lipinski definition) is 1. The molecule has 0 aromatic heterocycles. The highest BCUT2D eigenvalue weighted by molar-refractivity contribution is 5.72. The zero-order valence-electron chi connectivity index (χ0n) is 29.0. The van der Waals surface area contributed by atoms with Crippen molar-refractivity contribution in [3.05, 3.63) is 59.3 Å². The highest BCUT2D eigenvalue weighted by Gasteiger charge is 2.22. The minimum atomic E-state index is -2.72. The van der Waals surface area contributed by atoms with E-state index in [9.17, 15) is 13.6 Å². The van der Waals surface area contributed by atoms with Crippen LogP contribution in [0.1, 0.15) is 161 Å². The van der Waals surface area contributed by atoms with Crippen molar-refractivity contribution in [2.24, 2.45) is 5.41 Å². The molecular weight excluding hydrogens is 498 g/mol. The van der Waals surface area contributed by atoms with Gasteiger partial charge in [-0.2, -0.15) is 0 Å². The Bertz CT molecular complexity index is 737. The van der Waals surface area contributed by atoms with Gasteiger partial charge in [0.1, 0.15) is 5.78 Å². The first-order valence-corrected chi connectivity index (χ1v) is 15.7. The maximum Gasteiger partial charge on any atom is 0.266 e. The standard InChI is InChI=1S/C13H24.C11H24.C10H14F2.C3H6O/c1-5-9-10-13(8-4)11-12(6-2)7-3;1-5-8-10-11(4,7-3)9-6-2;1-5-8(2)6-7-9(3)10(4,11)12;1-3(2)4/h8,11H,5-7,9-10H2,1-4H3;5-10H2,1-4H3;5-7H,1H2,2-4H3;1-2H3/b13-8+;;8-6-,9-7+;. The zero-order chi connectivity index (χ0) is 32.2. The third kappa shape index (κ3) is 32.4. The molecule has 0 radical (unpaired) electrons. The van der Waals surface area contributed by atoms with Crippen molar-refractivity contribution < 1.29 is 13.6 Å². The van der Waals surface area contributed by atoms with E-state index in [0.29, 0.717) is 5.41 Å². The van der Waals surface area contributed by atoms with Crippen LogP contribution in [0.4, 0.5) is 8.78 Å². The Morgan fingerprint density at radius 3 is 1.62 bits per heavy atom. The molecule has 0 fully saturated rings. The van der Waals surface area contributed by atoms with Crippen LogP contribution in [0.2, 0.25) is 0 Å². The average molecular weight is 567 g/mol. The Labute approximate surface area is 250 Å². The molecule has 40 heavy (non-hydrogen) atoms. The van der Waals surface area contributed by atoms with Crippen molar-refractivity contribution in [2.75, 3.05) is 0 Å². The van der Waals surface area contributed by atoms with Gasteiger partial charge in [0.2, 0.25) is 0 Å². The van der Waals surface area contributed by atoms with Crippen molar-refractivity contribution in [1.29, 1.82) is 0 Å². The SMILES string of the molecule is C/C=C(/C=C(CC)CC)CCCC.C=C/C(C)=C\C=C(/C)C(C)(F)F.CC(C)=O.CCCCC(C)(CC)CCC. The molecule has 236 valence electrons. The molecule has 0 saturated heterocycles. The van der Waals surface area contributed by atoms with Crippen LogP contribution < -0.4 is 0 Å². The summed E-state index contributed by atoms with van der Waals surface area (Å²) < 4.78 is 25.1. The summed E-state index contributed by atoms with van der Waals surface area (Å²) in [5, 5.41) is 0. The Balaban J connectivity index is -0.000000228. The second-order valence-corrected chi connectivity index (χ2v) is 11.3. The smallest absolute Gasteiger partial charge is 0.266 e. The number of halogens is 2. The molecular formula is C37H68F2O. The van der Waals surface area contributed by atoms with Gasteiger partial charge in [0.05, 0.1) is 0 Å². The van der Waals surface area contributed by atoms with Crippen molar-refractivity contribution in [1.82, 2.24) is 0 Å². The molecule has 1 unspecified atom stereocenters. The quantitative estimate of drug-likeness (QED) is 0.180. The molecule has 0 spiro atoms. The summed E-state index contributed by atoms with van der Waals surface area (Å²) in [6, 6.07) is 0. The van der Waals surface area contributed by atoms with Gasteiger partial charge in [-0.3, -0.25) is 0 Å². The fourth-order valence-electron chi connectivity index (χ4n) is 3.55. The van der Waals surface area contributed by atoms with Crippen molar-refractivity contribution in [3.8, 4) is 0 Å². The predicted octanol–water partition coefficient (Wildman–Crippen LogP) is 13.6. The van der Waals surface area contributed by atoms with Crippen molar-refractivity contribution in [3.63, 3.8) is 0 Å². The van der Waals surface area contributed by atoms with Crippen molar-refractivity contribution >= 4 is 5.78 Å². The first-order chi connectivity index (χ1) is 18.6. The third-order valence-corrected chi connectivity index (χ3v) is 6.94. The van der Waals surface area contributed by atoms with Crippen LogP contribution in [-0.4, -0.2) is 11.7 Å². The molecule has 3 heteroatoms. The number of hydrogen-bond donors (Lipinski definition) is 0. The molecule has 1 atom stereocenters. The zero-order valence-corrected chi connectivity index (χ0v) is 29.0. The first-order valence-electron chi connectivity index (χ1n) is 15.7. The summed E-state index contributed by atoms with van der Waals surface area (Å²) in [5.41, 5.74) is 4.66. The lowest BCUT2D eigenvalue weighted by atomic mass is 9.79. The minimum absolute atomic E-state index is 0.0590. The van der Waals surface area contributed by atoms with E-state index in [0.717, 1.165) is 12.5 Å². The molecule has 0 bridgehead atoms. The first kappa shape index (κ1) is 45.2. The summed E-state index contributed by atoms with van der Waals surface area (Å²) in [6.07, 6.45) is 23.8. The van der Waals surface area contributed by atoms with Crippen LogP contribution in [-0.2, 0) is 4.79 Å². The van der Waals surface area contributed by atoms with Crippen LogP contribution in [0.15, 0.2) is 59.3 Å². The highest BCUT2D eigenvalue weighted by atomic mass is 19.3. The molecule has 0 N–H and O–H groups in total. The number of Topliss-reactive ketones (excluding diaryl/α,β-unsaturated/α-hetero) is 1. The van der Waals surface area contributed by atoms with Gasteiger partial charge in [-0.1, -0.05) is 134 Å². The van der Waals surface area contributed by atoms with E-state index in [1.54, 1.807) is 17.7 Å². The van der Waals surface area contributed by atoms with Gasteiger partial charge in [0, 0.05) is 6.92 Å². The number of carbonyl (C=O) groups excluding carboxylic acids is 1. The summed E-state index contributed by atoms with van der Waals surface area (Å²) in [5.74, 6) is -2.56. The lowest BCUT2D eigenvalue weighted by Gasteiger charge is -2.27. The van der Waals surface area contributed by atoms with Gasteiger partial charge in [-0.05, 0) is 84.1 Å². The average Bonchev–Trinajstić information content (AvgIpc) is 2.90. The maximum atomic E-state index is 12.5. The summed E-state index contributed by atoms with van der Waals surface area (Å²) >= 11 is 0. The number of carbonyl (C=O) groups is 1. The molecule has 0 saturated carbocycles. The molecule has 1 nitrogen and oxygen atoms in total. The minimum Gasteiger partial charge on any atom is -0.300 e. The van der Waals surface area contributed by atoms with E-state index in [-0.39, 0.29) is 11.4 Å². The van der Waals surface area contributed by atoms with Crippen LogP contribution in [0.25, 0.3) is 0 Å². The lowest BCUT2D eigenvalue weighted by molar-refractivity contribution is -0.115. The maximum absolute atomic E-state index is 12.5. The lowest BCUT2D eigenvalue weighted by Crippen LogP contribution is -2.14.